The third kappa shape index (κ3) is 7.04. The van der Waals surface area contributed by atoms with Crippen molar-refractivity contribution in [3.8, 4) is 67.9 Å². The lowest BCUT2D eigenvalue weighted by atomic mass is 9.98. The van der Waals surface area contributed by atoms with Crippen molar-refractivity contribution in [2.24, 2.45) is 5.92 Å². The van der Waals surface area contributed by atoms with Crippen molar-refractivity contribution in [3.05, 3.63) is 157 Å². The molecule has 266 valence electrons. The third-order valence-corrected chi connectivity index (χ3v) is 8.98. The van der Waals surface area contributed by atoms with Crippen molar-refractivity contribution in [2.45, 2.75) is 12.8 Å². The topological polar surface area (TPSA) is 117 Å². The van der Waals surface area contributed by atoms with Crippen LogP contribution in [0.4, 0.5) is 8.78 Å². The standard InChI is InChI=1S/C23H19FN4O.C19H13FN4O/c24-20-10-4-5-11-21(20)28-23(25-26-27-28)19-9-2-1-7-17(19)18-8-3-6-12-22(18)29-15-16-13-14-16;20-16-10-4-5-11-17(16)24-19(21-22-23-24)15-9-2-1-7-13(15)14-8-3-6-12-18(14)25/h1-12,16H,13-15H2;1-12,25H. The minimum absolute atomic E-state index is 0.153. The molecule has 1 N–H and O–H groups in total. The Bertz CT molecular complexity index is 2550. The molecule has 0 radical (unpaired) electrons. The largest absolute Gasteiger partial charge is 0.507 e. The minimum Gasteiger partial charge on any atom is -0.507 e. The third-order valence-electron chi connectivity index (χ3n) is 8.98. The zero-order valence-electron chi connectivity index (χ0n) is 28.7. The van der Waals surface area contributed by atoms with Gasteiger partial charge in [-0.3, -0.25) is 0 Å². The fourth-order valence-corrected chi connectivity index (χ4v) is 6.12. The molecule has 2 aromatic heterocycles. The summed E-state index contributed by atoms with van der Waals surface area (Å²) in [6.45, 7) is 0.728. The number of aromatic nitrogens is 8. The number of phenols is 1. The smallest absolute Gasteiger partial charge is 0.187 e. The van der Waals surface area contributed by atoms with E-state index in [-0.39, 0.29) is 17.3 Å². The van der Waals surface area contributed by atoms with Gasteiger partial charge in [0.05, 0.1) is 6.61 Å². The second-order valence-corrected chi connectivity index (χ2v) is 12.6. The maximum atomic E-state index is 14.4. The summed E-state index contributed by atoms with van der Waals surface area (Å²) in [5.41, 5.74) is 5.38. The summed E-state index contributed by atoms with van der Waals surface area (Å²) in [4.78, 5) is 0. The van der Waals surface area contributed by atoms with Crippen LogP contribution in [0.25, 0.3) is 56.4 Å². The van der Waals surface area contributed by atoms with Crippen LogP contribution in [0.15, 0.2) is 146 Å². The van der Waals surface area contributed by atoms with Crippen LogP contribution in [-0.4, -0.2) is 52.1 Å². The number of halogens is 2. The number of para-hydroxylation sites is 4. The summed E-state index contributed by atoms with van der Waals surface area (Å²) < 4.78 is 37.5. The van der Waals surface area contributed by atoms with Crippen molar-refractivity contribution < 1.29 is 18.6 Å². The molecule has 2 heterocycles. The molecule has 6 aromatic carbocycles. The van der Waals surface area contributed by atoms with Crippen molar-refractivity contribution in [1.82, 2.24) is 40.4 Å². The highest BCUT2D eigenvalue weighted by molar-refractivity contribution is 5.85. The number of nitrogens with zero attached hydrogens (tertiary/aromatic N) is 8. The average Bonchev–Trinajstić information content (AvgIpc) is 3.69. The average molecular weight is 719 g/mol. The van der Waals surface area contributed by atoms with Gasteiger partial charge in [0.2, 0.25) is 0 Å². The van der Waals surface area contributed by atoms with Gasteiger partial charge in [-0.1, -0.05) is 109 Å². The number of rotatable bonds is 9. The molecule has 1 fully saturated rings. The molecule has 0 spiro atoms. The molecule has 0 atom stereocenters. The quantitative estimate of drug-likeness (QED) is 0.158. The van der Waals surface area contributed by atoms with Gasteiger partial charge in [0.15, 0.2) is 11.6 Å². The van der Waals surface area contributed by atoms with Gasteiger partial charge >= 0.3 is 0 Å². The number of hydrogen-bond acceptors (Lipinski definition) is 8. The molecular formula is C42H32F2N8O2. The molecule has 1 saturated carbocycles. The molecule has 1 aliphatic carbocycles. The van der Waals surface area contributed by atoms with Crippen LogP contribution in [0.1, 0.15) is 12.8 Å². The molecule has 0 saturated heterocycles. The molecule has 0 aliphatic heterocycles. The van der Waals surface area contributed by atoms with Crippen LogP contribution in [0.2, 0.25) is 0 Å². The van der Waals surface area contributed by atoms with Crippen molar-refractivity contribution in [3.63, 3.8) is 0 Å². The minimum atomic E-state index is -0.420. The Morgan fingerprint density at radius 2 is 0.944 bits per heavy atom. The van der Waals surface area contributed by atoms with E-state index < -0.39 is 5.82 Å². The lowest BCUT2D eigenvalue weighted by molar-refractivity contribution is 0.301. The molecule has 0 amide bonds. The van der Waals surface area contributed by atoms with Crippen LogP contribution in [0.5, 0.6) is 11.5 Å². The molecule has 0 unspecified atom stereocenters. The van der Waals surface area contributed by atoms with Crippen molar-refractivity contribution in [2.75, 3.05) is 6.61 Å². The number of tetrazole rings is 2. The highest BCUT2D eigenvalue weighted by Gasteiger charge is 2.24. The number of hydrogen-bond donors (Lipinski definition) is 1. The number of phenolic OH excluding ortho intramolecular Hbond substituents is 1. The second-order valence-electron chi connectivity index (χ2n) is 12.6. The Hall–Kier alpha value is -7.08. The monoisotopic (exact) mass is 718 g/mol. The Kier molecular flexibility index (Phi) is 9.62. The number of aromatic hydroxyl groups is 1. The van der Waals surface area contributed by atoms with Crippen LogP contribution < -0.4 is 4.74 Å². The van der Waals surface area contributed by atoms with Gasteiger partial charge in [-0.2, -0.15) is 9.36 Å². The van der Waals surface area contributed by atoms with Crippen molar-refractivity contribution >= 4 is 0 Å². The Labute approximate surface area is 308 Å². The van der Waals surface area contributed by atoms with E-state index in [4.69, 9.17) is 4.74 Å². The van der Waals surface area contributed by atoms with Gasteiger partial charge in [0, 0.05) is 22.3 Å². The summed E-state index contributed by atoms with van der Waals surface area (Å²) >= 11 is 0. The predicted molar refractivity (Wildman–Crippen MR) is 200 cm³/mol. The summed E-state index contributed by atoms with van der Waals surface area (Å²) in [7, 11) is 0. The molecule has 54 heavy (non-hydrogen) atoms. The zero-order valence-corrected chi connectivity index (χ0v) is 28.7. The van der Waals surface area contributed by atoms with Gasteiger partial charge in [0.1, 0.15) is 34.5 Å². The molecule has 0 bridgehead atoms. The first kappa shape index (κ1) is 34.0. The Balaban J connectivity index is 0.000000155. The lowest BCUT2D eigenvalue weighted by Crippen LogP contribution is -2.04. The molecule has 9 rings (SSSR count). The van der Waals surface area contributed by atoms with Gasteiger partial charge in [0.25, 0.3) is 0 Å². The van der Waals surface area contributed by atoms with Gasteiger partial charge in [-0.05, 0) is 87.1 Å². The zero-order chi connectivity index (χ0) is 36.9. The van der Waals surface area contributed by atoms with E-state index in [0.29, 0.717) is 34.4 Å². The van der Waals surface area contributed by atoms with E-state index in [1.807, 2.05) is 84.9 Å². The maximum Gasteiger partial charge on any atom is 0.187 e. The Morgan fingerprint density at radius 3 is 1.46 bits per heavy atom. The molecular weight excluding hydrogens is 687 g/mol. The SMILES string of the molecule is Fc1ccccc1-n1nnnc1-c1ccccc1-c1ccccc1OCC1CC1.Oc1ccccc1-c1ccccc1-c1nnnn1-c1ccccc1F. The highest BCUT2D eigenvalue weighted by atomic mass is 19.1. The summed E-state index contributed by atoms with van der Waals surface area (Å²) in [6.07, 6.45) is 2.46. The highest BCUT2D eigenvalue weighted by Crippen LogP contribution is 2.39. The molecule has 12 heteroatoms. The van der Waals surface area contributed by atoms with E-state index in [0.717, 1.165) is 34.6 Å². The summed E-state index contributed by atoms with van der Waals surface area (Å²) in [5, 5.41) is 33.9. The van der Waals surface area contributed by atoms with E-state index >= 15 is 0 Å². The van der Waals surface area contributed by atoms with E-state index in [2.05, 4.69) is 31.1 Å². The summed E-state index contributed by atoms with van der Waals surface area (Å²) in [5.74, 6) is 1.71. The first-order chi connectivity index (χ1) is 26.6. The molecule has 8 aromatic rings. The predicted octanol–water partition coefficient (Wildman–Crippen LogP) is 8.77. The first-order valence-electron chi connectivity index (χ1n) is 17.3. The van der Waals surface area contributed by atoms with Gasteiger partial charge in [-0.15, -0.1) is 10.2 Å². The van der Waals surface area contributed by atoms with Crippen LogP contribution in [-0.2, 0) is 0 Å². The molecule has 10 nitrogen and oxygen atoms in total. The first-order valence-corrected chi connectivity index (χ1v) is 17.3. The normalized spacial score (nSPS) is 12.2. The maximum absolute atomic E-state index is 14.4. The fourth-order valence-electron chi connectivity index (χ4n) is 6.12. The van der Waals surface area contributed by atoms with E-state index in [1.165, 1.54) is 34.3 Å². The van der Waals surface area contributed by atoms with E-state index in [9.17, 15) is 13.9 Å². The molecule has 1 aliphatic rings. The van der Waals surface area contributed by atoms with E-state index in [1.54, 1.807) is 48.5 Å². The fraction of sp³-hybridized carbons (Fsp3) is 0.0952. The second kappa shape index (κ2) is 15.3. The number of ether oxygens (including phenoxy) is 1. The number of benzene rings is 6. The van der Waals surface area contributed by atoms with Crippen LogP contribution in [0.3, 0.4) is 0 Å². The van der Waals surface area contributed by atoms with Gasteiger partial charge < -0.3 is 9.84 Å². The Morgan fingerprint density at radius 1 is 0.519 bits per heavy atom. The van der Waals surface area contributed by atoms with Crippen LogP contribution in [0, 0.1) is 17.6 Å². The van der Waals surface area contributed by atoms with Crippen molar-refractivity contribution in [1.29, 1.82) is 0 Å². The van der Waals surface area contributed by atoms with Crippen LogP contribution >= 0.6 is 0 Å². The summed E-state index contributed by atoms with van der Waals surface area (Å²) in [6, 6.07) is 43.0. The lowest BCUT2D eigenvalue weighted by Gasteiger charge is -2.14. The van der Waals surface area contributed by atoms with Gasteiger partial charge in [-0.25, -0.2) is 8.78 Å².